The highest BCUT2D eigenvalue weighted by molar-refractivity contribution is 7.99. The van der Waals surface area contributed by atoms with Crippen LogP contribution < -0.4 is 14.5 Å². The summed E-state index contributed by atoms with van der Waals surface area (Å²) in [6.07, 6.45) is -3.43. The van der Waals surface area contributed by atoms with E-state index in [2.05, 4.69) is 15.2 Å². The molecule has 0 N–H and O–H groups in total. The zero-order valence-electron chi connectivity index (χ0n) is 16.2. The summed E-state index contributed by atoms with van der Waals surface area (Å²) < 4.78 is 51.9. The van der Waals surface area contributed by atoms with Gasteiger partial charge < -0.3 is 9.84 Å². The van der Waals surface area contributed by atoms with Gasteiger partial charge in [-0.2, -0.15) is 18.4 Å². The first-order chi connectivity index (χ1) is 14.7. The lowest BCUT2D eigenvalue weighted by Crippen LogP contribution is -2.27. The molecule has 0 unspecified atom stereocenters. The Labute approximate surface area is 178 Å². The molecule has 0 atom stereocenters. The maximum atomic E-state index is 13.6. The molecule has 0 saturated heterocycles. The molecule has 160 valence electrons. The molecule has 0 aliphatic carbocycles. The molecule has 8 nitrogen and oxygen atoms in total. The van der Waals surface area contributed by atoms with Gasteiger partial charge in [-0.15, -0.1) is 0 Å². The second-order valence-electron chi connectivity index (χ2n) is 6.08. The van der Waals surface area contributed by atoms with Crippen molar-refractivity contribution in [3.63, 3.8) is 0 Å². The molecule has 2 heterocycles. The second-order valence-corrected chi connectivity index (χ2v) is 7.05. The van der Waals surface area contributed by atoms with E-state index in [-0.39, 0.29) is 22.4 Å². The van der Waals surface area contributed by atoms with Crippen molar-refractivity contribution in [3.8, 4) is 23.1 Å². The van der Waals surface area contributed by atoms with E-state index in [9.17, 15) is 23.5 Å². The van der Waals surface area contributed by atoms with Gasteiger partial charge in [0, 0.05) is 11.3 Å². The van der Waals surface area contributed by atoms with Gasteiger partial charge >= 0.3 is 12.1 Å². The number of aliphatic imine (C=N–C) groups is 1. The van der Waals surface area contributed by atoms with E-state index < -0.39 is 23.2 Å². The molecule has 1 aromatic carbocycles. The summed E-state index contributed by atoms with van der Waals surface area (Å²) in [5.41, 5.74) is -1.40. The summed E-state index contributed by atoms with van der Waals surface area (Å²) in [4.78, 5) is 7.86. The monoisotopic (exact) mass is 449 g/mol. The van der Waals surface area contributed by atoms with Crippen LogP contribution in [-0.4, -0.2) is 29.0 Å². The third-order valence-corrected chi connectivity index (χ3v) is 4.88. The SMILES string of the molecule is COc1ccc(-c2cc(C(F)(F)F)c(C#N)c(SC/C([O-])=N/c3c[n+](C)no3)n2)cc1. The molecular formula is C19H14F3N5O3S. The number of pyridine rings is 1. The largest absolute Gasteiger partial charge is 0.861 e. The van der Waals surface area contributed by atoms with E-state index >= 15 is 0 Å². The highest BCUT2D eigenvalue weighted by Crippen LogP contribution is 2.38. The van der Waals surface area contributed by atoms with Crippen molar-refractivity contribution in [2.45, 2.75) is 11.2 Å². The van der Waals surface area contributed by atoms with E-state index in [0.29, 0.717) is 23.1 Å². The Hall–Kier alpha value is -3.59. The van der Waals surface area contributed by atoms with Crippen LogP contribution >= 0.6 is 11.8 Å². The van der Waals surface area contributed by atoms with E-state index in [1.165, 1.54) is 18.0 Å². The van der Waals surface area contributed by atoms with Gasteiger partial charge in [-0.25, -0.2) is 9.98 Å². The number of nitrogens with zero attached hydrogens (tertiary/aromatic N) is 5. The molecule has 0 aliphatic rings. The lowest BCUT2D eigenvalue weighted by molar-refractivity contribution is -0.739. The van der Waals surface area contributed by atoms with Crippen molar-refractivity contribution in [1.82, 2.24) is 10.3 Å². The van der Waals surface area contributed by atoms with Gasteiger partial charge in [-0.3, -0.25) is 4.52 Å². The van der Waals surface area contributed by atoms with Crippen molar-refractivity contribution in [3.05, 3.63) is 47.7 Å². The summed E-state index contributed by atoms with van der Waals surface area (Å²) in [6.45, 7) is 0. The van der Waals surface area contributed by atoms with E-state index in [4.69, 9.17) is 9.26 Å². The molecule has 12 heteroatoms. The zero-order chi connectivity index (χ0) is 22.6. The lowest BCUT2D eigenvalue weighted by atomic mass is 10.1. The Bertz CT molecular complexity index is 1150. The van der Waals surface area contributed by atoms with Crippen LogP contribution in [0.4, 0.5) is 19.1 Å². The smallest absolute Gasteiger partial charge is 0.417 e. The molecule has 0 saturated carbocycles. The average molecular weight is 449 g/mol. The number of benzene rings is 1. The molecular weight excluding hydrogens is 435 g/mol. The Morgan fingerprint density at radius 2 is 2.06 bits per heavy atom. The van der Waals surface area contributed by atoms with Gasteiger partial charge in [-0.1, -0.05) is 16.4 Å². The predicted octanol–water partition coefficient (Wildman–Crippen LogP) is 2.64. The van der Waals surface area contributed by atoms with Gasteiger partial charge in [0.1, 0.15) is 16.8 Å². The van der Waals surface area contributed by atoms with Crippen LogP contribution in [0.2, 0.25) is 0 Å². The van der Waals surface area contributed by atoms with Crippen LogP contribution in [0.3, 0.4) is 0 Å². The lowest BCUT2D eigenvalue weighted by Gasteiger charge is -2.15. The highest BCUT2D eigenvalue weighted by Gasteiger charge is 2.36. The molecule has 0 fully saturated rings. The molecule has 0 radical (unpaired) electrons. The molecule has 0 aliphatic heterocycles. The number of halogens is 3. The van der Waals surface area contributed by atoms with Gasteiger partial charge in [-0.05, 0) is 36.2 Å². The number of methoxy groups -OCH3 is 1. The quantitative estimate of drug-likeness (QED) is 0.246. The standard InChI is InChI=1S/C19H14F3N5O3S/c1-27-9-17(30-26-27)25-16(28)10-31-18-13(8-23)14(19(20,21)22)7-15(24-18)11-3-5-12(29-2)6-4-11/h3-7,9H,10H2,1-2H3. The fourth-order valence-electron chi connectivity index (χ4n) is 2.52. The normalized spacial score (nSPS) is 11.9. The van der Waals surface area contributed by atoms with E-state index in [1.807, 2.05) is 0 Å². The number of alkyl halides is 3. The van der Waals surface area contributed by atoms with Crippen LogP contribution in [0.5, 0.6) is 5.75 Å². The minimum atomic E-state index is -4.78. The molecule has 3 rings (SSSR count). The molecule has 2 aromatic heterocycles. The minimum absolute atomic E-state index is 0.00289. The Balaban J connectivity index is 1.98. The molecule has 31 heavy (non-hydrogen) atoms. The first-order valence-electron chi connectivity index (χ1n) is 8.58. The van der Waals surface area contributed by atoms with Gasteiger partial charge in [0.25, 0.3) is 6.20 Å². The second kappa shape index (κ2) is 9.05. The Kier molecular flexibility index (Phi) is 6.45. The van der Waals surface area contributed by atoms with Crippen LogP contribution in [0, 0.1) is 11.3 Å². The van der Waals surface area contributed by atoms with Crippen LogP contribution in [0.1, 0.15) is 11.1 Å². The number of ether oxygens (including phenoxy) is 1. The van der Waals surface area contributed by atoms with Gasteiger partial charge in [0.05, 0.1) is 23.9 Å². The number of hydrogen-bond donors (Lipinski definition) is 0. The van der Waals surface area contributed by atoms with E-state index in [0.717, 1.165) is 6.07 Å². The zero-order valence-corrected chi connectivity index (χ0v) is 17.0. The first kappa shape index (κ1) is 22.1. The Morgan fingerprint density at radius 1 is 1.35 bits per heavy atom. The number of rotatable bonds is 6. The topological polar surface area (TPSA) is 111 Å². The molecule has 0 amide bonds. The van der Waals surface area contributed by atoms with Crippen molar-refractivity contribution in [2.24, 2.45) is 12.0 Å². The average Bonchev–Trinajstić information content (AvgIpc) is 3.15. The van der Waals surface area contributed by atoms with Gasteiger partial charge in [0.2, 0.25) is 0 Å². The number of hydrogen-bond acceptors (Lipinski definition) is 8. The van der Waals surface area contributed by atoms with Crippen molar-refractivity contribution >= 4 is 23.5 Å². The third kappa shape index (κ3) is 5.32. The summed E-state index contributed by atoms with van der Waals surface area (Å²) in [5, 5.41) is 24.7. The number of aromatic nitrogens is 3. The maximum Gasteiger partial charge on any atom is 0.417 e. The molecule has 0 spiro atoms. The maximum absolute atomic E-state index is 13.6. The Morgan fingerprint density at radius 3 is 2.61 bits per heavy atom. The number of thioether (sulfide) groups is 1. The number of nitriles is 1. The first-order valence-corrected chi connectivity index (χ1v) is 9.56. The third-order valence-electron chi connectivity index (χ3n) is 3.92. The van der Waals surface area contributed by atoms with Crippen molar-refractivity contribution < 1.29 is 32.2 Å². The van der Waals surface area contributed by atoms with Gasteiger partial charge in [0.15, 0.2) is 12.3 Å². The fraction of sp³-hybridized carbons (Fsp3) is 0.211. The summed E-state index contributed by atoms with van der Waals surface area (Å²) in [5.74, 6) is -0.563. The van der Waals surface area contributed by atoms with E-state index in [1.54, 1.807) is 37.4 Å². The number of aryl methyl sites for hydroxylation is 1. The fourth-order valence-corrected chi connectivity index (χ4v) is 3.30. The highest BCUT2D eigenvalue weighted by atomic mass is 32.2. The predicted molar refractivity (Wildman–Crippen MR) is 101 cm³/mol. The summed E-state index contributed by atoms with van der Waals surface area (Å²) >= 11 is 0.682. The van der Waals surface area contributed by atoms with Crippen molar-refractivity contribution in [1.29, 1.82) is 5.26 Å². The summed E-state index contributed by atoms with van der Waals surface area (Å²) in [7, 11) is 3.03. The van der Waals surface area contributed by atoms with Crippen LogP contribution in [0.25, 0.3) is 11.3 Å². The minimum Gasteiger partial charge on any atom is -0.861 e. The van der Waals surface area contributed by atoms with Crippen LogP contribution in [-0.2, 0) is 13.2 Å². The summed E-state index contributed by atoms with van der Waals surface area (Å²) in [6, 6.07) is 8.61. The molecule has 3 aromatic rings. The van der Waals surface area contributed by atoms with Crippen molar-refractivity contribution in [2.75, 3.05) is 12.9 Å². The molecule has 0 bridgehead atoms. The van der Waals surface area contributed by atoms with Crippen LogP contribution in [0.15, 0.2) is 51.1 Å².